The fraction of sp³-hybridized carbons (Fsp3) is 0.533. The van der Waals surface area contributed by atoms with Crippen LogP contribution < -0.4 is 24.3 Å². The van der Waals surface area contributed by atoms with Gasteiger partial charge in [-0.2, -0.15) is 5.26 Å². The Kier molecular flexibility index (Phi) is 11.4. The summed E-state index contributed by atoms with van der Waals surface area (Å²) in [4.78, 5) is 7.08. The van der Waals surface area contributed by atoms with Gasteiger partial charge in [-0.15, -0.1) is 0 Å². The first-order chi connectivity index (χ1) is 18.6. The third-order valence-electron chi connectivity index (χ3n) is 7.09. The molecule has 0 radical (unpaired) electrons. The molecule has 1 aliphatic heterocycles. The van der Waals surface area contributed by atoms with Crippen molar-refractivity contribution in [2.45, 2.75) is 64.3 Å². The summed E-state index contributed by atoms with van der Waals surface area (Å²) in [7, 11) is 6.59. The standard InChI is InChI=1S/C30H42N4O4/c1-6-7-8-9-10-11-15-32-30(33-21-31)34-16-14-23-19-28(37-4)29(38-5)20-24(23)25(34)17-22-12-13-26(35-2)27(18-22)36-3/h12-13,18-20,25H,6-11,14-17H2,1-5H3,(H,32,33)/t25-/m1/s1. The second-order valence-corrected chi connectivity index (χ2v) is 9.47. The Morgan fingerprint density at radius 1 is 0.921 bits per heavy atom. The molecule has 0 unspecified atom stereocenters. The average Bonchev–Trinajstić information content (AvgIpc) is 2.95. The Morgan fingerprint density at radius 3 is 2.26 bits per heavy atom. The van der Waals surface area contributed by atoms with Gasteiger partial charge >= 0.3 is 0 Å². The first-order valence-electron chi connectivity index (χ1n) is 13.5. The summed E-state index contributed by atoms with van der Waals surface area (Å²) in [5, 5.41) is 12.5. The summed E-state index contributed by atoms with van der Waals surface area (Å²) in [6.45, 7) is 3.64. The van der Waals surface area contributed by atoms with Crippen LogP contribution in [-0.2, 0) is 12.8 Å². The highest BCUT2D eigenvalue weighted by molar-refractivity contribution is 5.82. The lowest BCUT2D eigenvalue weighted by molar-refractivity contribution is 0.285. The van der Waals surface area contributed by atoms with Crippen molar-refractivity contribution in [3.63, 3.8) is 0 Å². The van der Waals surface area contributed by atoms with Crippen LogP contribution in [0.25, 0.3) is 0 Å². The molecule has 3 rings (SSSR count). The molecule has 0 bridgehead atoms. The third-order valence-corrected chi connectivity index (χ3v) is 7.09. The van der Waals surface area contributed by atoms with Gasteiger partial charge in [-0.3, -0.25) is 10.3 Å². The van der Waals surface area contributed by atoms with E-state index in [0.717, 1.165) is 42.7 Å². The number of hydrogen-bond donors (Lipinski definition) is 1. The summed E-state index contributed by atoms with van der Waals surface area (Å²) < 4.78 is 22.2. The van der Waals surface area contributed by atoms with Crippen LogP contribution in [0.5, 0.6) is 23.0 Å². The number of rotatable bonds is 13. The van der Waals surface area contributed by atoms with Crippen LogP contribution in [0.1, 0.15) is 68.2 Å². The van der Waals surface area contributed by atoms with Gasteiger partial charge in [0.15, 0.2) is 29.2 Å². The number of guanidine groups is 1. The van der Waals surface area contributed by atoms with Gasteiger partial charge in [0.1, 0.15) is 0 Å². The number of nitrogens with one attached hydrogen (secondary N) is 1. The molecule has 1 atom stereocenters. The monoisotopic (exact) mass is 522 g/mol. The minimum absolute atomic E-state index is 0.0687. The van der Waals surface area contributed by atoms with Gasteiger partial charge in [0, 0.05) is 13.1 Å². The quantitative estimate of drug-likeness (QED) is 0.120. The molecule has 0 aliphatic carbocycles. The van der Waals surface area contributed by atoms with E-state index in [0.29, 0.717) is 36.2 Å². The fourth-order valence-electron chi connectivity index (χ4n) is 5.06. The second kappa shape index (κ2) is 15.0. The van der Waals surface area contributed by atoms with Gasteiger partial charge in [0.2, 0.25) is 5.96 Å². The van der Waals surface area contributed by atoms with Gasteiger partial charge in [-0.25, -0.2) is 0 Å². The Bertz CT molecular complexity index is 1110. The van der Waals surface area contributed by atoms with Gasteiger partial charge < -0.3 is 23.8 Å². The van der Waals surface area contributed by atoms with Gasteiger partial charge in [0.25, 0.3) is 0 Å². The third kappa shape index (κ3) is 7.25. The van der Waals surface area contributed by atoms with Crippen molar-refractivity contribution in [2.75, 3.05) is 41.5 Å². The number of aliphatic imine (C=N–C) groups is 1. The molecular formula is C30H42N4O4. The normalized spacial score (nSPS) is 14.9. The van der Waals surface area contributed by atoms with Crippen LogP contribution in [0, 0.1) is 11.5 Å². The lowest BCUT2D eigenvalue weighted by Gasteiger charge is -2.39. The molecule has 0 amide bonds. The van der Waals surface area contributed by atoms with Gasteiger partial charge in [-0.05, 0) is 60.2 Å². The zero-order valence-electron chi connectivity index (χ0n) is 23.5. The molecule has 8 nitrogen and oxygen atoms in total. The van der Waals surface area contributed by atoms with Crippen LogP contribution in [0.4, 0.5) is 0 Å². The molecule has 206 valence electrons. The van der Waals surface area contributed by atoms with E-state index in [2.05, 4.69) is 41.5 Å². The molecule has 1 heterocycles. The zero-order valence-corrected chi connectivity index (χ0v) is 23.5. The lowest BCUT2D eigenvalue weighted by Crippen LogP contribution is -2.46. The van der Waals surface area contributed by atoms with Crippen molar-refractivity contribution >= 4 is 5.96 Å². The maximum absolute atomic E-state index is 9.58. The topological polar surface area (TPSA) is 88.3 Å². The molecule has 0 aromatic heterocycles. The van der Waals surface area contributed by atoms with E-state index in [1.54, 1.807) is 28.4 Å². The van der Waals surface area contributed by atoms with Crippen molar-refractivity contribution < 1.29 is 18.9 Å². The molecule has 38 heavy (non-hydrogen) atoms. The predicted octanol–water partition coefficient (Wildman–Crippen LogP) is 5.65. The summed E-state index contributed by atoms with van der Waals surface area (Å²) in [6, 6.07) is 10.1. The first-order valence-corrected chi connectivity index (χ1v) is 13.5. The highest BCUT2D eigenvalue weighted by Gasteiger charge is 2.32. The summed E-state index contributed by atoms with van der Waals surface area (Å²) in [5.41, 5.74) is 3.43. The average molecular weight is 523 g/mol. The molecule has 2 aromatic rings. The van der Waals surface area contributed by atoms with Crippen molar-refractivity contribution in [1.29, 1.82) is 5.26 Å². The van der Waals surface area contributed by atoms with Crippen molar-refractivity contribution in [3.05, 3.63) is 47.0 Å². The van der Waals surface area contributed by atoms with Gasteiger partial charge in [-0.1, -0.05) is 45.1 Å². The highest BCUT2D eigenvalue weighted by atomic mass is 16.5. The molecule has 8 heteroatoms. The number of hydrogen-bond acceptors (Lipinski definition) is 6. The minimum atomic E-state index is -0.0687. The van der Waals surface area contributed by atoms with E-state index in [1.165, 1.54) is 31.2 Å². The zero-order chi connectivity index (χ0) is 27.3. The van der Waals surface area contributed by atoms with E-state index in [1.807, 2.05) is 12.1 Å². The number of unbranched alkanes of at least 4 members (excludes halogenated alkanes) is 5. The Hall–Kier alpha value is -3.60. The summed E-state index contributed by atoms with van der Waals surface area (Å²) in [6.07, 6.45) is 10.8. The van der Waals surface area contributed by atoms with Crippen LogP contribution in [0.2, 0.25) is 0 Å². The van der Waals surface area contributed by atoms with Crippen LogP contribution >= 0.6 is 0 Å². The summed E-state index contributed by atoms with van der Waals surface area (Å²) >= 11 is 0. The lowest BCUT2D eigenvalue weighted by atomic mass is 9.88. The molecule has 1 aliphatic rings. The minimum Gasteiger partial charge on any atom is -0.493 e. The molecule has 0 saturated heterocycles. The molecule has 0 fully saturated rings. The van der Waals surface area contributed by atoms with Crippen LogP contribution in [0.15, 0.2) is 35.3 Å². The predicted molar refractivity (Wildman–Crippen MR) is 150 cm³/mol. The molecule has 0 spiro atoms. The largest absolute Gasteiger partial charge is 0.493 e. The smallest absolute Gasteiger partial charge is 0.207 e. The molecule has 1 N–H and O–H groups in total. The number of benzene rings is 2. The molecule has 2 aromatic carbocycles. The van der Waals surface area contributed by atoms with E-state index >= 15 is 0 Å². The van der Waals surface area contributed by atoms with E-state index in [9.17, 15) is 5.26 Å². The first kappa shape index (κ1) is 29.0. The van der Waals surface area contributed by atoms with Crippen molar-refractivity contribution in [2.24, 2.45) is 4.99 Å². The fourth-order valence-corrected chi connectivity index (χ4v) is 5.06. The number of nitrogens with zero attached hydrogens (tertiary/aromatic N) is 3. The maximum atomic E-state index is 9.58. The maximum Gasteiger partial charge on any atom is 0.207 e. The second-order valence-electron chi connectivity index (χ2n) is 9.47. The Labute approximate surface area is 227 Å². The SMILES string of the molecule is CCCCCCCCN=C(NC#N)N1CCc2cc(OC)c(OC)cc2[C@H]1Cc1ccc(OC)c(OC)c1. The van der Waals surface area contributed by atoms with E-state index in [-0.39, 0.29) is 6.04 Å². The van der Waals surface area contributed by atoms with E-state index < -0.39 is 0 Å². The van der Waals surface area contributed by atoms with Crippen LogP contribution in [-0.4, -0.2) is 52.4 Å². The van der Waals surface area contributed by atoms with Crippen molar-refractivity contribution in [3.8, 4) is 29.2 Å². The number of nitriles is 1. The Balaban J connectivity index is 1.95. The van der Waals surface area contributed by atoms with Crippen LogP contribution in [0.3, 0.4) is 0 Å². The molecule has 0 saturated carbocycles. The van der Waals surface area contributed by atoms with Crippen molar-refractivity contribution in [1.82, 2.24) is 10.2 Å². The molecular weight excluding hydrogens is 480 g/mol. The van der Waals surface area contributed by atoms with Gasteiger partial charge in [0.05, 0.1) is 34.5 Å². The summed E-state index contributed by atoms with van der Waals surface area (Å²) in [5.74, 6) is 3.40. The highest BCUT2D eigenvalue weighted by Crippen LogP contribution is 2.40. The Morgan fingerprint density at radius 2 is 1.58 bits per heavy atom. The number of methoxy groups -OCH3 is 4. The number of ether oxygens (including phenoxy) is 4. The van der Waals surface area contributed by atoms with E-state index in [4.69, 9.17) is 23.9 Å². The number of fused-ring (bicyclic) bond motifs is 1.